The van der Waals surface area contributed by atoms with Crippen molar-refractivity contribution in [2.75, 3.05) is 0 Å². The van der Waals surface area contributed by atoms with Crippen LogP contribution in [0.25, 0.3) is 153 Å². The van der Waals surface area contributed by atoms with Crippen molar-refractivity contribution in [3.8, 4) is 55.6 Å². The number of halogens is 1. The lowest BCUT2D eigenvalue weighted by Gasteiger charge is -2.22. The van der Waals surface area contributed by atoms with Crippen molar-refractivity contribution in [1.82, 2.24) is 0 Å². The molecule has 0 fully saturated rings. The van der Waals surface area contributed by atoms with Gasteiger partial charge < -0.3 is 0 Å². The molecule has 14 aromatic carbocycles. The standard InChI is InChI=1S/C62H33Cl/c63-53-33-52-51(32-50(53)38-26-27-45-41-21-8-17-34-16-7-20-40(54(34)41)44-25-11-24-39(38)58(44)45)56(36-12-3-1-4-13-36)61-48-30-28-46-42-22-9-18-35-19-10-23-43(55(35)42)47-29-31-49(60(48)59(46)47)62(61)57(52)37-14-5-2-6-15-37/h1-33H. The summed E-state index contributed by atoms with van der Waals surface area (Å²) in [5.41, 5.74) is 12.2. The third-order valence-corrected chi connectivity index (χ3v) is 14.8. The molecular formula is C62H33Cl. The Bertz CT molecular complexity index is 4190. The summed E-state index contributed by atoms with van der Waals surface area (Å²) in [5, 5.41) is 23.9. The Morgan fingerprint density at radius 2 is 0.619 bits per heavy atom. The zero-order valence-electron chi connectivity index (χ0n) is 33.9. The normalized spacial score (nSPS) is 12.5. The van der Waals surface area contributed by atoms with Crippen LogP contribution in [-0.4, -0.2) is 0 Å². The highest BCUT2D eigenvalue weighted by Gasteiger charge is 2.33. The Balaban J connectivity index is 1.11. The van der Waals surface area contributed by atoms with E-state index < -0.39 is 0 Å². The fourth-order valence-corrected chi connectivity index (χ4v) is 12.4. The topological polar surface area (TPSA) is 0 Å². The van der Waals surface area contributed by atoms with Gasteiger partial charge in [0.25, 0.3) is 0 Å². The van der Waals surface area contributed by atoms with Crippen LogP contribution in [0.3, 0.4) is 0 Å². The third kappa shape index (κ3) is 4.31. The minimum Gasteiger partial charge on any atom is -0.0836 e. The summed E-state index contributed by atoms with van der Waals surface area (Å²) in [6.45, 7) is 0. The highest BCUT2D eigenvalue weighted by atomic mass is 35.5. The van der Waals surface area contributed by atoms with Crippen molar-refractivity contribution in [1.29, 1.82) is 0 Å². The quantitative estimate of drug-likeness (QED) is 0.123. The van der Waals surface area contributed by atoms with E-state index in [-0.39, 0.29) is 0 Å². The lowest BCUT2D eigenvalue weighted by Crippen LogP contribution is -1.95. The average Bonchev–Trinajstić information content (AvgIpc) is 3.67. The van der Waals surface area contributed by atoms with Crippen LogP contribution >= 0.6 is 11.6 Å². The fraction of sp³-hybridized carbons (Fsp3) is 0. The van der Waals surface area contributed by atoms with Gasteiger partial charge in [0, 0.05) is 10.6 Å². The molecule has 1 heteroatoms. The molecular weight excluding hydrogens is 780 g/mol. The van der Waals surface area contributed by atoms with Crippen molar-refractivity contribution >= 4 is 109 Å². The van der Waals surface area contributed by atoms with Gasteiger partial charge in [-0.2, -0.15) is 0 Å². The average molecular weight is 813 g/mol. The summed E-state index contributed by atoms with van der Waals surface area (Å²) in [4.78, 5) is 0. The molecule has 0 heterocycles. The van der Waals surface area contributed by atoms with Crippen LogP contribution < -0.4 is 0 Å². The number of hydrogen-bond donors (Lipinski definition) is 0. The Labute approximate surface area is 367 Å². The minimum absolute atomic E-state index is 0.745. The number of benzene rings is 14. The van der Waals surface area contributed by atoms with E-state index in [2.05, 4.69) is 200 Å². The number of fused-ring (bicyclic) bond motifs is 8. The van der Waals surface area contributed by atoms with Crippen molar-refractivity contribution in [2.24, 2.45) is 0 Å². The van der Waals surface area contributed by atoms with E-state index in [1.54, 1.807) is 0 Å². The molecule has 63 heavy (non-hydrogen) atoms. The SMILES string of the molecule is Clc1cc2c(-c3ccccc3)c3c(c(-c4ccccc4)c2cc1-c1ccc2c4cccc5cccc(c6cccc1c62)c54)-c1ccc2c4cccc5cccc(c6ccc-3c1c62)c54. The minimum atomic E-state index is 0.745. The molecule has 14 aromatic rings. The maximum Gasteiger partial charge on any atom is 0.0491 e. The van der Waals surface area contributed by atoms with E-state index in [4.69, 9.17) is 11.6 Å². The summed E-state index contributed by atoms with van der Waals surface area (Å²) in [6.07, 6.45) is 0. The molecule has 288 valence electrons. The van der Waals surface area contributed by atoms with Crippen LogP contribution in [0.2, 0.25) is 5.02 Å². The molecule has 1 aliphatic carbocycles. The molecule has 0 aliphatic heterocycles. The first-order chi connectivity index (χ1) is 31.2. The summed E-state index contributed by atoms with van der Waals surface area (Å²) < 4.78 is 0. The Morgan fingerprint density at radius 1 is 0.222 bits per heavy atom. The largest absolute Gasteiger partial charge is 0.0836 e. The second kappa shape index (κ2) is 12.2. The summed E-state index contributed by atoms with van der Waals surface area (Å²) in [5.74, 6) is 0. The van der Waals surface area contributed by atoms with Crippen molar-refractivity contribution < 1.29 is 0 Å². The van der Waals surface area contributed by atoms with Crippen LogP contribution in [-0.2, 0) is 0 Å². The lowest BCUT2D eigenvalue weighted by atomic mass is 9.81. The zero-order valence-corrected chi connectivity index (χ0v) is 34.7. The Morgan fingerprint density at radius 3 is 1.13 bits per heavy atom. The van der Waals surface area contributed by atoms with Gasteiger partial charge >= 0.3 is 0 Å². The molecule has 0 amide bonds. The molecule has 0 N–H and O–H groups in total. The van der Waals surface area contributed by atoms with Crippen molar-refractivity contribution in [2.45, 2.75) is 0 Å². The lowest BCUT2D eigenvalue weighted by molar-refractivity contribution is 1.62. The van der Waals surface area contributed by atoms with E-state index in [0.29, 0.717) is 0 Å². The molecule has 0 spiro atoms. The smallest absolute Gasteiger partial charge is 0.0491 e. The first-order valence-corrected chi connectivity index (χ1v) is 22.2. The van der Waals surface area contributed by atoms with Crippen LogP contribution in [0, 0.1) is 0 Å². The van der Waals surface area contributed by atoms with Gasteiger partial charge in [-0.3, -0.25) is 0 Å². The fourth-order valence-electron chi connectivity index (χ4n) is 12.1. The number of hydrogen-bond acceptors (Lipinski definition) is 0. The van der Waals surface area contributed by atoms with Crippen LogP contribution in [0.5, 0.6) is 0 Å². The maximum atomic E-state index is 7.75. The van der Waals surface area contributed by atoms with Gasteiger partial charge in [0.1, 0.15) is 0 Å². The number of rotatable bonds is 3. The molecule has 0 unspecified atom stereocenters. The first kappa shape index (κ1) is 33.9. The van der Waals surface area contributed by atoms with Gasteiger partial charge in [0.05, 0.1) is 0 Å². The van der Waals surface area contributed by atoms with Gasteiger partial charge in [0.15, 0.2) is 0 Å². The van der Waals surface area contributed by atoms with Crippen molar-refractivity contribution in [3.05, 3.63) is 205 Å². The van der Waals surface area contributed by atoms with Gasteiger partial charge in [-0.25, -0.2) is 0 Å². The van der Waals surface area contributed by atoms with E-state index >= 15 is 0 Å². The predicted octanol–water partition coefficient (Wildman–Crippen LogP) is 18.2. The maximum absolute atomic E-state index is 7.75. The predicted molar refractivity (Wildman–Crippen MR) is 272 cm³/mol. The van der Waals surface area contributed by atoms with E-state index in [1.165, 1.54) is 136 Å². The van der Waals surface area contributed by atoms with E-state index in [9.17, 15) is 0 Å². The van der Waals surface area contributed by atoms with Crippen LogP contribution in [0.4, 0.5) is 0 Å². The highest BCUT2D eigenvalue weighted by molar-refractivity contribution is 6.41. The molecule has 0 saturated heterocycles. The van der Waals surface area contributed by atoms with E-state index in [1.807, 2.05) is 0 Å². The molecule has 0 aromatic heterocycles. The van der Waals surface area contributed by atoms with Gasteiger partial charge in [-0.1, -0.05) is 200 Å². The second-order valence-electron chi connectivity index (χ2n) is 17.5. The van der Waals surface area contributed by atoms with E-state index in [0.717, 1.165) is 21.5 Å². The Kier molecular flexibility index (Phi) is 6.56. The van der Waals surface area contributed by atoms with Crippen LogP contribution in [0.15, 0.2) is 200 Å². The molecule has 0 radical (unpaired) electrons. The Hall–Kier alpha value is -7.77. The second-order valence-corrected chi connectivity index (χ2v) is 17.9. The molecule has 15 rings (SSSR count). The molecule has 0 saturated carbocycles. The van der Waals surface area contributed by atoms with Gasteiger partial charge in [-0.05, 0) is 159 Å². The molecule has 0 bridgehead atoms. The molecule has 0 nitrogen and oxygen atoms in total. The van der Waals surface area contributed by atoms with Gasteiger partial charge in [-0.15, -0.1) is 0 Å². The van der Waals surface area contributed by atoms with Crippen molar-refractivity contribution in [3.63, 3.8) is 0 Å². The highest BCUT2D eigenvalue weighted by Crippen LogP contribution is 2.60. The third-order valence-electron chi connectivity index (χ3n) is 14.5. The zero-order chi connectivity index (χ0) is 41.1. The van der Waals surface area contributed by atoms with Gasteiger partial charge in [0.2, 0.25) is 0 Å². The summed E-state index contributed by atoms with van der Waals surface area (Å²) in [6, 6.07) is 74.7. The summed E-state index contributed by atoms with van der Waals surface area (Å²) in [7, 11) is 0. The summed E-state index contributed by atoms with van der Waals surface area (Å²) >= 11 is 7.75. The molecule has 1 aliphatic rings. The first-order valence-electron chi connectivity index (χ1n) is 21.9. The van der Waals surface area contributed by atoms with Crippen LogP contribution in [0.1, 0.15) is 0 Å². The molecule has 0 atom stereocenters. The monoisotopic (exact) mass is 812 g/mol.